The van der Waals surface area contributed by atoms with Crippen LogP contribution in [0.1, 0.15) is 26.7 Å². The fourth-order valence-electron chi connectivity index (χ4n) is 0.969. The number of hydrogen-bond donors (Lipinski definition) is 0. The predicted molar refractivity (Wildman–Crippen MR) is 36.9 cm³/mol. The molecule has 0 bridgehead atoms. The van der Waals surface area contributed by atoms with Gasteiger partial charge in [-0.3, -0.25) is 0 Å². The van der Waals surface area contributed by atoms with E-state index in [4.69, 9.17) is 0 Å². The van der Waals surface area contributed by atoms with E-state index < -0.39 is 11.7 Å². The molecule has 0 heterocycles. The Morgan fingerprint density at radius 2 is 1.20 bits per heavy atom. The maximum atomic E-state index is 12.7. The molecule has 0 aliphatic heterocycles. The summed E-state index contributed by atoms with van der Waals surface area (Å²) >= 11 is 0. The summed E-state index contributed by atoms with van der Waals surface area (Å²) in [7, 11) is 0. The number of halogens is 2. The molecular formula is C8H10F2. The van der Waals surface area contributed by atoms with E-state index in [9.17, 15) is 8.78 Å². The average molecular weight is 144 g/mol. The highest BCUT2D eigenvalue weighted by Crippen LogP contribution is 2.31. The summed E-state index contributed by atoms with van der Waals surface area (Å²) in [6.07, 6.45) is 1.32. The predicted octanol–water partition coefficient (Wildman–Crippen LogP) is 3.27. The molecule has 0 atom stereocenters. The van der Waals surface area contributed by atoms with Gasteiger partial charge in [-0.25, -0.2) is 8.78 Å². The van der Waals surface area contributed by atoms with Crippen molar-refractivity contribution in [2.45, 2.75) is 26.7 Å². The Labute approximate surface area is 59.2 Å². The minimum absolute atomic E-state index is 0.531. The first-order chi connectivity index (χ1) is 4.63. The Morgan fingerprint density at radius 1 is 0.900 bits per heavy atom. The first kappa shape index (κ1) is 7.45. The minimum Gasteiger partial charge on any atom is -0.204 e. The van der Waals surface area contributed by atoms with Crippen molar-refractivity contribution >= 4 is 0 Å². The first-order valence-corrected chi connectivity index (χ1v) is 3.34. The molecule has 0 aromatic carbocycles. The van der Waals surface area contributed by atoms with Crippen molar-refractivity contribution in [1.82, 2.24) is 0 Å². The van der Waals surface area contributed by atoms with Crippen molar-refractivity contribution in [3.05, 3.63) is 22.8 Å². The van der Waals surface area contributed by atoms with Crippen LogP contribution < -0.4 is 0 Å². The molecule has 10 heavy (non-hydrogen) atoms. The summed E-state index contributed by atoms with van der Waals surface area (Å²) in [6.45, 7) is 3.25. The van der Waals surface area contributed by atoms with Gasteiger partial charge in [0, 0.05) is 0 Å². The SMILES string of the molecule is CC1=C(F)C(F)=C(C)CC1. The number of allylic oxidation sites excluding steroid dienone is 4. The molecule has 0 unspecified atom stereocenters. The summed E-state index contributed by atoms with van der Waals surface area (Å²) in [6, 6.07) is 0. The monoisotopic (exact) mass is 144 g/mol. The minimum atomic E-state index is -0.649. The summed E-state index contributed by atoms with van der Waals surface area (Å²) in [5, 5.41) is 0. The Hall–Kier alpha value is -0.660. The molecular weight excluding hydrogens is 134 g/mol. The van der Waals surface area contributed by atoms with Gasteiger partial charge >= 0.3 is 0 Å². The Bertz CT molecular complexity index is 187. The van der Waals surface area contributed by atoms with Crippen LogP contribution >= 0.6 is 0 Å². The van der Waals surface area contributed by atoms with Crippen LogP contribution in [0.2, 0.25) is 0 Å². The third-order valence-electron chi connectivity index (χ3n) is 1.82. The molecule has 1 rings (SSSR count). The summed E-state index contributed by atoms with van der Waals surface area (Å²) in [5.74, 6) is -1.30. The molecule has 0 nitrogen and oxygen atoms in total. The lowest BCUT2D eigenvalue weighted by molar-refractivity contribution is 0.510. The van der Waals surface area contributed by atoms with E-state index in [2.05, 4.69) is 0 Å². The van der Waals surface area contributed by atoms with Gasteiger partial charge in [0.05, 0.1) is 0 Å². The fourth-order valence-corrected chi connectivity index (χ4v) is 0.969. The van der Waals surface area contributed by atoms with Crippen LogP contribution in [0.15, 0.2) is 22.8 Å². The van der Waals surface area contributed by atoms with E-state index >= 15 is 0 Å². The lowest BCUT2D eigenvalue weighted by atomic mass is 9.99. The molecule has 56 valence electrons. The van der Waals surface area contributed by atoms with Crippen LogP contribution in [0.5, 0.6) is 0 Å². The number of hydrogen-bond acceptors (Lipinski definition) is 0. The molecule has 0 amide bonds. The van der Waals surface area contributed by atoms with Gasteiger partial charge in [-0.05, 0) is 37.8 Å². The molecule has 0 fully saturated rings. The second-order valence-corrected chi connectivity index (χ2v) is 2.69. The number of rotatable bonds is 0. The molecule has 1 aliphatic carbocycles. The van der Waals surface area contributed by atoms with E-state index in [1.165, 1.54) is 0 Å². The zero-order valence-corrected chi connectivity index (χ0v) is 6.17. The van der Waals surface area contributed by atoms with Gasteiger partial charge in [0.1, 0.15) is 0 Å². The van der Waals surface area contributed by atoms with Gasteiger partial charge in [-0.1, -0.05) is 0 Å². The van der Waals surface area contributed by atoms with Crippen LogP contribution in [0.4, 0.5) is 8.78 Å². The average Bonchev–Trinajstić information content (AvgIpc) is 1.93. The van der Waals surface area contributed by atoms with Crippen molar-refractivity contribution in [3.63, 3.8) is 0 Å². The van der Waals surface area contributed by atoms with Crippen molar-refractivity contribution in [2.24, 2.45) is 0 Å². The highest BCUT2D eigenvalue weighted by Gasteiger charge is 2.16. The van der Waals surface area contributed by atoms with E-state index in [0.29, 0.717) is 24.0 Å². The molecule has 0 saturated heterocycles. The smallest absolute Gasteiger partial charge is 0.157 e. The van der Waals surface area contributed by atoms with E-state index in [0.717, 1.165) is 0 Å². The van der Waals surface area contributed by atoms with Crippen LogP contribution in [0, 0.1) is 0 Å². The van der Waals surface area contributed by atoms with Gasteiger partial charge in [-0.15, -0.1) is 0 Å². The zero-order valence-electron chi connectivity index (χ0n) is 6.17. The fraction of sp³-hybridized carbons (Fsp3) is 0.500. The zero-order chi connectivity index (χ0) is 7.72. The van der Waals surface area contributed by atoms with Crippen molar-refractivity contribution in [3.8, 4) is 0 Å². The molecule has 0 N–H and O–H groups in total. The molecule has 0 saturated carbocycles. The van der Waals surface area contributed by atoms with E-state index in [1.54, 1.807) is 13.8 Å². The van der Waals surface area contributed by atoms with Crippen molar-refractivity contribution < 1.29 is 8.78 Å². The standard InChI is InChI=1S/C8H10F2/c1-5-3-4-6(2)8(10)7(5)9/h3-4H2,1-2H3. The summed E-state index contributed by atoms with van der Waals surface area (Å²) in [4.78, 5) is 0. The molecule has 0 aromatic rings. The maximum absolute atomic E-state index is 12.7. The van der Waals surface area contributed by atoms with E-state index in [-0.39, 0.29) is 0 Å². The highest BCUT2D eigenvalue weighted by atomic mass is 19.2. The quantitative estimate of drug-likeness (QED) is 0.489. The van der Waals surface area contributed by atoms with Crippen molar-refractivity contribution in [1.29, 1.82) is 0 Å². The Morgan fingerprint density at radius 3 is 1.50 bits per heavy atom. The highest BCUT2D eigenvalue weighted by molar-refractivity contribution is 5.32. The van der Waals surface area contributed by atoms with E-state index in [1.807, 2.05) is 0 Å². The summed E-state index contributed by atoms with van der Waals surface area (Å²) in [5.41, 5.74) is 1.06. The summed E-state index contributed by atoms with van der Waals surface area (Å²) < 4.78 is 25.3. The molecule has 0 spiro atoms. The van der Waals surface area contributed by atoms with Gasteiger partial charge < -0.3 is 0 Å². The van der Waals surface area contributed by atoms with Gasteiger partial charge in [0.2, 0.25) is 0 Å². The van der Waals surface area contributed by atoms with Crippen LogP contribution in [-0.2, 0) is 0 Å². The molecule has 2 heteroatoms. The van der Waals surface area contributed by atoms with Crippen molar-refractivity contribution in [2.75, 3.05) is 0 Å². The second-order valence-electron chi connectivity index (χ2n) is 2.69. The molecule has 1 aliphatic rings. The second kappa shape index (κ2) is 2.52. The maximum Gasteiger partial charge on any atom is 0.157 e. The topological polar surface area (TPSA) is 0 Å². The Kier molecular flexibility index (Phi) is 1.88. The molecule has 0 aromatic heterocycles. The van der Waals surface area contributed by atoms with Crippen LogP contribution in [-0.4, -0.2) is 0 Å². The normalized spacial score (nSPS) is 20.4. The van der Waals surface area contributed by atoms with Crippen LogP contribution in [0.25, 0.3) is 0 Å². The lowest BCUT2D eigenvalue weighted by Crippen LogP contribution is -1.95. The third kappa shape index (κ3) is 1.11. The van der Waals surface area contributed by atoms with Gasteiger partial charge in [0.15, 0.2) is 11.7 Å². The van der Waals surface area contributed by atoms with Gasteiger partial charge in [0.25, 0.3) is 0 Å². The molecule has 0 radical (unpaired) electrons. The third-order valence-corrected chi connectivity index (χ3v) is 1.82. The largest absolute Gasteiger partial charge is 0.204 e. The van der Waals surface area contributed by atoms with Gasteiger partial charge in [-0.2, -0.15) is 0 Å². The first-order valence-electron chi connectivity index (χ1n) is 3.34. The van der Waals surface area contributed by atoms with Crippen LogP contribution in [0.3, 0.4) is 0 Å². The lowest BCUT2D eigenvalue weighted by Gasteiger charge is -2.11. The Balaban J connectivity index is 3.01.